The maximum atomic E-state index is 12.6. The van der Waals surface area contributed by atoms with Crippen molar-refractivity contribution in [2.24, 2.45) is 0 Å². The summed E-state index contributed by atoms with van der Waals surface area (Å²) in [6, 6.07) is 36.1. The van der Waals surface area contributed by atoms with Crippen molar-refractivity contribution in [3.63, 3.8) is 0 Å². The van der Waals surface area contributed by atoms with E-state index in [0.29, 0.717) is 11.5 Å². The molecule has 8 rings (SSSR count). The second-order valence-electron chi connectivity index (χ2n) is 12.5. The minimum Gasteiger partial charge on any atom is -0.744 e. The zero-order valence-electron chi connectivity index (χ0n) is 29.3. The quantitative estimate of drug-likeness (QED) is 0.0918. The van der Waals surface area contributed by atoms with Gasteiger partial charge in [0.1, 0.15) is 43.4 Å². The highest BCUT2D eigenvalue weighted by Gasteiger charge is 2.20. The number of anilines is 4. The number of rotatable bonds is 11. The lowest BCUT2D eigenvalue weighted by atomic mass is 10.0. The molecule has 58 heavy (non-hydrogen) atoms. The molecule has 0 spiro atoms. The number of nitrogens with zero attached hydrogens (tertiary/aromatic N) is 4. The summed E-state index contributed by atoms with van der Waals surface area (Å²) in [5.74, 6) is 1.19. The van der Waals surface area contributed by atoms with Crippen LogP contribution in [0.2, 0.25) is 10.6 Å². The number of nitrogens with one attached hydrogen (secondary N) is 2. The minimum absolute atomic E-state index is 0.0526. The van der Waals surface area contributed by atoms with Gasteiger partial charge in [0.25, 0.3) is 0 Å². The van der Waals surface area contributed by atoms with Crippen molar-refractivity contribution >= 4 is 88.0 Å². The van der Waals surface area contributed by atoms with Crippen molar-refractivity contribution in [3.05, 3.63) is 144 Å². The molecular weight excluding hydrogens is 828 g/mol. The fourth-order valence-electron chi connectivity index (χ4n) is 6.08. The third kappa shape index (κ3) is 8.77. The van der Waals surface area contributed by atoms with Crippen molar-refractivity contribution in [1.82, 2.24) is 19.9 Å². The SMILES string of the molecule is O=S(=O)([O-])c1cc(Nc2cc(Oc3ccc4ccccc4c3)nc(Cl)n2)ccc1-c1ccc(Nc2cc(Oc3ccc4ccccc4c3)nc(Cl)n2)cc1S(=O)(=O)[O-]. The zero-order chi connectivity index (χ0) is 40.6. The third-order valence-electron chi connectivity index (χ3n) is 8.57. The Bertz CT molecular complexity index is 2930. The molecule has 0 saturated carbocycles. The van der Waals surface area contributed by atoms with E-state index in [1.54, 1.807) is 12.1 Å². The standard InChI is InChI=1S/C40H26Cl2N6O8S2/c41-39-45-35(21-37(47-39)55-29-13-9-23-5-1-3-7-25(23)17-29)43-27-11-15-31(33(19-27)57(49,50)51)32-16-12-28(20-34(32)58(52,53)54)44-36-22-38(48-40(42)46-36)56-30-14-10-24-6-2-4-8-26(24)18-30/h1-22H,(H,43,45,47)(H,44,46,48)(H,49,50,51)(H,52,53,54)/p-2. The molecular formula is C40H24Cl2N6O8S2-2. The van der Waals surface area contributed by atoms with Crippen LogP contribution in [0, 0.1) is 0 Å². The molecule has 0 saturated heterocycles. The van der Waals surface area contributed by atoms with Crippen molar-refractivity contribution in [3.8, 4) is 34.4 Å². The number of fused-ring (bicyclic) bond motifs is 2. The molecule has 0 radical (unpaired) electrons. The molecule has 0 aliphatic heterocycles. The first-order valence-corrected chi connectivity index (χ1v) is 20.5. The van der Waals surface area contributed by atoms with Gasteiger partial charge in [-0.2, -0.15) is 9.97 Å². The highest BCUT2D eigenvalue weighted by atomic mass is 35.5. The molecule has 0 amide bonds. The van der Waals surface area contributed by atoms with E-state index in [1.807, 2.05) is 72.8 Å². The van der Waals surface area contributed by atoms with Crippen LogP contribution in [0.1, 0.15) is 0 Å². The average Bonchev–Trinajstić information content (AvgIpc) is 3.17. The molecule has 0 unspecified atom stereocenters. The molecule has 2 N–H and O–H groups in total. The highest BCUT2D eigenvalue weighted by molar-refractivity contribution is 7.86. The first-order valence-electron chi connectivity index (χ1n) is 16.9. The Balaban J connectivity index is 1.07. The summed E-state index contributed by atoms with van der Waals surface area (Å²) >= 11 is 12.4. The zero-order valence-corrected chi connectivity index (χ0v) is 32.5. The van der Waals surface area contributed by atoms with Crippen molar-refractivity contribution in [2.45, 2.75) is 9.79 Å². The van der Waals surface area contributed by atoms with Crippen molar-refractivity contribution in [1.29, 1.82) is 0 Å². The first kappa shape index (κ1) is 38.5. The molecule has 0 bridgehead atoms. The van der Waals surface area contributed by atoms with Gasteiger partial charge in [0, 0.05) is 34.6 Å². The van der Waals surface area contributed by atoms with Gasteiger partial charge in [-0.05, 0) is 93.3 Å². The number of hydrogen-bond donors (Lipinski definition) is 2. The molecule has 14 nitrogen and oxygen atoms in total. The second-order valence-corrected chi connectivity index (χ2v) is 15.9. The first-order chi connectivity index (χ1) is 27.7. The van der Waals surface area contributed by atoms with Crippen LogP contribution in [-0.4, -0.2) is 45.9 Å². The lowest BCUT2D eigenvalue weighted by molar-refractivity contribution is 0.460. The molecule has 0 aliphatic rings. The van der Waals surface area contributed by atoms with Gasteiger partial charge in [-0.1, -0.05) is 72.8 Å². The summed E-state index contributed by atoms with van der Waals surface area (Å²) < 4.78 is 87.6. The van der Waals surface area contributed by atoms with Crippen molar-refractivity contribution in [2.75, 3.05) is 10.6 Å². The monoisotopic (exact) mass is 850 g/mol. The van der Waals surface area contributed by atoms with Crippen LogP contribution < -0.4 is 20.1 Å². The Morgan fingerprint density at radius 2 is 0.862 bits per heavy atom. The average molecular weight is 852 g/mol. The molecule has 2 aromatic heterocycles. The molecule has 2 heterocycles. The lowest BCUT2D eigenvalue weighted by Gasteiger charge is -2.20. The Hall–Kier alpha value is -6.40. The molecule has 6 aromatic carbocycles. The van der Waals surface area contributed by atoms with Gasteiger partial charge in [-0.3, -0.25) is 0 Å². The summed E-state index contributed by atoms with van der Waals surface area (Å²) in [7, 11) is -10.5. The largest absolute Gasteiger partial charge is 0.744 e. The maximum absolute atomic E-state index is 12.6. The molecule has 290 valence electrons. The van der Waals surface area contributed by atoms with Gasteiger partial charge in [-0.25, -0.2) is 26.8 Å². The summed E-state index contributed by atoms with van der Waals surface area (Å²) in [5, 5.41) is 9.18. The normalized spacial score (nSPS) is 11.7. The van der Waals surface area contributed by atoms with Crippen LogP contribution >= 0.6 is 23.2 Å². The van der Waals surface area contributed by atoms with Gasteiger partial charge in [0.15, 0.2) is 0 Å². The summed E-state index contributed by atoms with van der Waals surface area (Å²) in [5.41, 5.74) is -0.592. The van der Waals surface area contributed by atoms with Crippen LogP contribution in [0.4, 0.5) is 23.0 Å². The van der Waals surface area contributed by atoms with Crippen LogP contribution in [0.5, 0.6) is 23.3 Å². The molecule has 0 aliphatic carbocycles. The van der Waals surface area contributed by atoms with E-state index in [0.717, 1.165) is 33.7 Å². The Morgan fingerprint density at radius 3 is 1.26 bits per heavy atom. The summed E-state index contributed by atoms with van der Waals surface area (Å²) in [6.07, 6.45) is 0. The summed E-state index contributed by atoms with van der Waals surface area (Å²) in [6.45, 7) is 0. The number of halogens is 2. The van der Waals surface area contributed by atoms with E-state index in [1.165, 1.54) is 36.4 Å². The van der Waals surface area contributed by atoms with Gasteiger partial charge < -0.3 is 29.2 Å². The van der Waals surface area contributed by atoms with E-state index in [9.17, 15) is 25.9 Å². The second kappa shape index (κ2) is 15.5. The van der Waals surface area contributed by atoms with Gasteiger partial charge in [-0.15, -0.1) is 0 Å². The molecule has 8 aromatic rings. The number of hydrogen-bond acceptors (Lipinski definition) is 14. The lowest BCUT2D eigenvalue weighted by Crippen LogP contribution is -2.07. The van der Waals surface area contributed by atoms with Gasteiger partial charge in [0.05, 0.1) is 9.79 Å². The fraction of sp³-hybridized carbons (Fsp3) is 0. The van der Waals surface area contributed by atoms with Gasteiger partial charge >= 0.3 is 0 Å². The molecule has 18 heteroatoms. The Labute approximate surface area is 340 Å². The Kier molecular flexibility index (Phi) is 10.3. The van der Waals surface area contributed by atoms with Crippen LogP contribution in [0.15, 0.2) is 143 Å². The predicted molar refractivity (Wildman–Crippen MR) is 216 cm³/mol. The molecule has 0 fully saturated rings. The number of benzene rings is 6. The maximum Gasteiger partial charge on any atom is 0.227 e. The van der Waals surface area contributed by atoms with E-state index >= 15 is 0 Å². The van der Waals surface area contributed by atoms with Crippen molar-refractivity contribution < 1.29 is 35.4 Å². The van der Waals surface area contributed by atoms with E-state index < -0.39 is 30.0 Å². The molecule has 0 atom stereocenters. The minimum atomic E-state index is -5.27. The smallest absolute Gasteiger partial charge is 0.227 e. The summed E-state index contributed by atoms with van der Waals surface area (Å²) in [4.78, 5) is 14.8. The van der Waals surface area contributed by atoms with E-state index in [4.69, 9.17) is 32.7 Å². The Morgan fingerprint density at radius 1 is 0.466 bits per heavy atom. The van der Waals surface area contributed by atoms with Gasteiger partial charge in [0.2, 0.25) is 22.3 Å². The number of aromatic nitrogens is 4. The predicted octanol–water partition coefficient (Wildman–Crippen LogP) is 9.43. The highest BCUT2D eigenvalue weighted by Crippen LogP contribution is 2.37. The number of ether oxygens (including phenoxy) is 2. The van der Waals surface area contributed by atoms with Crippen LogP contribution in [0.3, 0.4) is 0 Å². The van der Waals surface area contributed by atoms with E-state index in [-0.39, 0.29) is 56.5 Å². The van der Waals surface area contributed by atoms with Crippen LogP contribution in [0.25, 0.3) is 32.7 Å². The van der Waals surface area contributed by atoms with E-state index in [2.05, 4.69) is 30.6 Å². The third-order valence-corrected chi connectivity index (χ3v) is 10.7. The fourth-order valence-corrected chi connectivity index (χ4v) is 7.87. The van der Waals surface area contributed by atoms with Crippen LogP contribution in [-0.2, 0) is 20.2 Å². The topological polar surface area (TPSA) is 208 Å².